The summed E-state index contributed by atoms with van der Waals surface area (Å²) in [5, 5.41) is 0.635. The van der Waals surface area contributed by atoms with Gasteiger partial charge < -0.3 is 15.2 Å². The van der Waals surface area contributed by atoms with Gasteiger partial charge in [-0.3, -0.25) is 0 Å². The highest BCUT2D eigenvalue weighted by Gasteiger charge is 2.06. The molecule has 0 radical (unpaired) electrons. The van der Waals surface area contributed by atoms with Crippen molar-refractivity contribution in [3.8, 4) is 5.75 Å². The molecule has 0 fully saturated rings. The molecule has 4 heteroatoms. The topological polar surface area (TPSA) is 44.5 Å². The van der Waals surface area contributed by atoms with Gasteiger partial charge in [0.05, 0.1) is 11.6 Å². The smallest absolute Gasteiger partial charge is 0.138 e. The Bertz CT molecular complexity index is 371. The van der Waals surface area contributed by atoms with Crippen LogP contribution in [0.1, 0.15) is 32.3 Å². The molecule has 0 bridgehead atoms. The Morgan fingerprint density at radius 2 is 2.00 bits per heavy atom. The highest BCUT2D eigenvalue weighted by molar-refractivity contribution is 6.32. The number of ether oxygens (including phenoxy) is 2. The summed E-state index contributed by atoms with van der Waals surface area (Å²) in [5.41, 5.74) is 7.08. The maximum Gasteiger partial charge on any atom is 0.138 e. The Kier molecular flexibility index (Phi) is 7.87. The molecule has 0 aliphatic heterocycles. The van der Waals surface area contributed by atoms with Crippen LogP contribution in [-0.4, -0.2) is 25.9 Å². The molecule has 0 aliphatic rings. The van der Waals surface area contributed by atoms with Crippen LogP contribution in [0.4, 0.5) is 0 Å². The van der Waals surface area contributed by atoms with Crippen LogP contribution in [0.2, 0.25) is 5.02 Å². The first-order valence-corrected chi connectivity index (χ1v) is 7.29. The fourth-order valence-corrected chi connectivity index (χ4v) is 1.95. The van der Waals surface area contributed by atoms with Gasteiger partial charge in [0.15, 0.2) is 0 Å². The summed E-state index contributed by atoms with van der Waals surface area (Å²) in [6.45, 7) is 6.04. The quantitative estimate of drug-likeness (QED) is 0.707. The Morgan fingerprint density at radius 3 is 2.63 bits per heavy atom. The van der Waals surface area contributed by atoms with Gasteiger partial charge in [0.2, 0.25) is 0 Å². The van der Waals surface area contributed by atoms with Gasteiger partial charge in [0, 0.05) is 12.6 Å². The first kappa shape index (κ1) is 16.3. The van der Waals surface area contributed by atoms with Crippen LogP contribution in [0.3, 0.4) is 0 Å². The minimum Gasteiger partial charge on any atom is -0.490 e. The maximum absolute atomic E-state index is 6.19. The number of rotatable bonds is 9. The van der Waals surface area contributed by atoms with Gasteiger partial charge in [-0.25, -0.2) is 0 Å². The highest BCUT2D eigenvalue weighted by Crippen LogP contribution is 2.26. The van der Waals surface area contributed by atoms with E-state index in [4.69, 9.17) is 26.8 Å². The number of nitrogens with two attached hydrogens (primary N) is 1. The van der Waals surface area contributed by atoms with E-state index in [0.717, 1.165) is 31.4 Å². The van der Waals surface area contributed by atoms with Gasteiger partial charge in [-0.15, -0.1) is 0 Å². The fourth-order valence-electron chi connectivity index (χ4n) is 1.69. The zero-order valence-electron chi connectivity index (χ0n) is 11.8. The summed E-state index contributed by atoms with van der Waals surface area (Å²) in [6.07, 6.45) is 2.83. The largest absolute Gasteiger partial charge is 0.490 e. The number of halogens is 1. The molecule has 2 N–H and O–H groups in total. The average molecular weight is 286 g/mol. The van der Waals surface area contributed by atoms with Gasteiger partial charge in [-0.2, -0.15) is 0 Å². The van der Waals surface area contributed by atoms with Gasteiger partial charge in [-0.05, 0) is 37.0 Å². The van der Waals surface area contributed by atoms with Crippen molar-refractivity contribution in [2.45, 2.75) is 39.2 Å². The molecule has 1 rings (SSSR count). The predicted octanol–water partition coefficient (Wildman–Crippen LogP) is 3.43. The molecule has 0 heterocycles. The molecule has 1 atom stereocenters. The van der Waals surface area contributed by atoms with Crippen LogP contribution < -0.4 is 10.5 Å². The molecule has 1 unspecified atom stereocenters. The summed E-state index contributed by atoms with van der Waals surface area (Å²) in [5.74, 6) is 0.704. The zero-order chi connectivity index (χ0) is 14.1. The van der Waals surface area contributed by atoms with Crippen molar-refractivity contribution >= 4 is 11.6 Å². The first-order valence-electron chi connectivity index (χ1n) is 6.91. The SMILES string of the molecule is CCCOCCOc1ccc(CC(N)CC)cc1Cl. The molecular weight excluding hydrogens is 262 g/mol. The molecule has 108 valence electrons. The lowest BCUT2D eigenvalue weighted by atomic mass is 10.0. The monoisotopic (exact) mass is 285 g/mol. The van der Waals surface area contributed by atoms with Crippen molar-refractivity contribution in [2.24, 2.45) is 5.73 Å². The maximum atomic E-state index is 6.19. The standard InChI is InChI=1S/C15H24ClNO2/c1-3-7-18-8-9-19-15-6-5-12(11-14(15)16)10-13(17)4-2/h5-6,11,13H,3-4,7-10,17H2,1-2H3. The van der Waals surface area contributed by atoms with Crippen LogP contribution in [0, 0.1) is 0 Å². The second kappa shape index (κ2) is 9.18. The van der Waals surface area contributed by atoms with Crippen LogP contribution >= 0.6 is 11.6 Å². The molecule has 0 aromatic heterocycles. The summed E-state index contributed by atoms with van der Waals surface area (Å²) in [4.78, 5) is 0. The normalized spacial score (nSPS) is 12.4. The third kappa shape index (κ3) is 6.28. The van der Waals surface area contributed by atoms with E-state index in [2.05, 4.69) is 13.8 Å². The molecule has 0 aliphatic carbocycles. The Hall–Kier alpha value is -0.770. The van der Waals surface area contributed by atoms with Crippen molar-refractivity contribution in [1.29, 1.82) is 0 Å². The lowest BCUT2D eigenvalue weighted by Crippen LogP contribution is -2.21. The molecule has 1 aromatic carbocycles. The van der Waals surface area contributed by atoms with E-state index in [1.54, 1.807) is 0 Å². The highest BCUT2D eigenvalue weighted by atomic mass is 35.5. The van der Waals surface area contributed by atoms with Crippen LogP contribution in [0.5, 0.6) is 5.75 Å². The average Bonchev–Trinajstić information content (AvgIpc) is 2.40. The lowest BCUT2D eigenvalue weighted by Gasteiger charge is -2.12. The third-order valence-corrected chi connectivity index (χ3v) is 3.15. The molecule has 1 aromatic rings. The van der Waals surface area contributed by atoms with E-state index in [9.17, 15) is 0 Å². The summed E-state index contributed by atoms with van der Waals surface area (Å²) in [7, 11) is 0. The summed E-state index contributed by atoms with van der Waals surface area (Å²) < 4.78 is 10.9. The van der Waals surface area contributed by atoms with E-state index >= 15 is 0 Å². The fraction of sp³-hybridized carbons (Fsp3) is 0.600. The van der Waals surface area contributed by atoms with E-state index in [-0.39, 0.29) is 6.04 Å². The molecule has 0 saturated heterocycles. The third-order valence-electron chi connectivity index (χ3n) is 2.85. The second-order valence-corrected chi connectivity index (χ2v) is 5.01. The molecule has 0 spiro atoms. The minimum atomic E-state index is 0.185. The molecule has 19 heavy (non-hydrogen) atoms. The summed E-state index contributed by atoms with van der Waals surface area (Å²) in [6, 6.07) is 6.04. The van der Waals surface area contributed by atoms with Gasteiger partial charge in [-0.1, -0.05) is 31.5 Å². The van der Waals surface area contributed by atoms with E-state index in [0.29, 0.717) is 24.0 Å². The molecular formula is C15H24ClNO2. The molecule has 0 amide bonds. The Balaban J connectivity index is 2.43. The second-order valence-electron chi connectivity index (χ2n) is 4.60. The van der Waals surface area contributed by atoms with Crippen molar-refractivity contribution in [1.82, 2.24) is 0 Å². The predicted molar refractivity (Wildman–Crippen MR) is 80.0 cm³/mol. The number of hydrogen-bond donors (Lipinski definition) is 1. The van der Waals surface area contributed by atoms with Crippen LogP contribution in [0.15, 0.2) is 18.2 Å². The van der Waals surface area contributed by atoms with E-state index < -0.39 is 0 Å². The summed E-state index contributed by atoms with van der Waals surface area (Å²) >= 11 is 6.19. The lowest BCUT2D eigenvalue weighted by molar-refractivity contribution is 0.101. The Labute approximate surface area is 121 Å². The van der Waals surface area contributed by atoms with Crippen molar-refractivity contribution in [3.63, 3.8) is 0 Å². The van der Waals surface area contributed by atoms with Gasteiger partial charge in [0.1, 0.15) is 12.4 Å². The minimum absolute atomic E-state index is 0.185. The van der Waals surface area contributed by atoms with Crippen molar-refractivity contribution < 1.29 is 9.47 Å². The van der Waals surface area contributed by atoms with Gasteiger partial charge in [0.25, 0.3) is 0 Å². The molecule has 0 saturated carbocycles. The van der Waals surface area contributed by atoms with Crippen LogP contribution in [0.25, 0.3) is 0 Å². The van der Waals surface area contributed by atoms with Crippen LogP contribution in [-0.2, 0) is 11.2 Å². The zero-order valence-corrected chi connectivity index (χ0v) is 12.6. The van der Waals surface area contributed by atoms with E-state index in [1.165, 1.54) is 0 Å². The molecule has 3 nitrogen and oxygen atoms in total. The van der Waals surface area contributed by atoms with Crippen molar-refractivity contribution in [3.05, 3.63) is 28.8 Å². The number of benzene rings is 1. The van der Waals surface area contributed by atoms with Crippen molar-refractivity contribution in [2.75, 3.05) is 19.8 Å². The van der Waals surface area contributed by atoms with E-state index in [1.807, 2.05) is 18.2 Å². The van der Waals surface area contributed by atoms with Gasteiger partial charge >= 0.3 is 0 Å². The number of hydrogen-bond acceptors (Lipinski definition) is 3. The first-order chi connectivity index (χ1) is 9.17. The Morgan fingerprint density at radius 1 is 1.21 bits per heavy atom.